The summed E-state index contributed by atoms with van der Waals surface area (Å²) in [7, 11) is 0. The Bertz CT molecular complexity index is 792. The number of carbonyl (C=O) groups is 1. The third kappa shape index (κ3) is 3.79. The highest BCUT2D eigenvalue weighted by Crippen LogP contribution is 2.26. The fraction of sp³-hybridized carbons (Fsp3) is 0.412. The van der Waals surface area contributed by atoms with Crippen molar-refractivity contribution in [3.63, 3.8) is 0 Å². The molecule has 2 aliphatic rings. The van der Waals surface area contributed by atoms with Gasteiger partial charge in [-0.25, -0.2) is 9.97 Å². The molecule has 2 aromatic heterocycles. The Kier molecular flexibility index (Phi) is 4.60. The Morgan fingerprint density at radius 2 is 2.04 bits per heavy atom. The van der Waals surface area contributed by atoms with Crippen LogP contribution in [0.2, 0.25) is 0 Å². The van der Waals surface area contributed by atoms with Crippen LogP contribution in [0.3, 0.4) is 0 Å². The number of thiazole rings is 1. The molecule has 4 rings (SSSR count). The van der Waals surface area contributed by atoms with Crippen LogP contribution in [0.4, 0.5) is 10.9 Å². The lowest BCUT2D eigenvalue weighted by Gasteiger charge is -2.27. The largest absolute Gasteiger partial charge is 0.356 e. The van der Waals surface area contributed by atoms with Crippen LogP contribution in [0.5, 0.6) is 0 Å². The van der Waals surface area contributed by atoms with Crippen molar-refractivity contribution in [2.24, 2.45) is 4.99 Å². The number of rotatable bonds is 3. The van der Waals surface area contributed by atoms with Gasteiger partial charge in [0.2, 0.25) is 0 Å². The molecular weight excluding hydrogens is 336 g/mol. The van der Waals surface area contributed by atoms with Gasteiger partial charge < -0.3 is 15.5 Å². The molecule has 2 N–H and O–H groups in total. The van der Waals surface area contributed by atoms with Crippen LogP contribution in [-0.2, 0) is 4.79 Å². The van der Waals surface area contributed by atoms with Gasteiger partial charge >= 0.3 is 0 Å². The van der Waals surface area contributed by atoms with Crippen LogP contribution in [0.15, 0.2) is 28.6 Å². The van der Waals surface area contributed by atoms with E-state index in [1.165, 1.54) is 11.3 Å². The van der Waals surface area contributed by atoms with Gasteiger partial charge in [0.05, 0.1) is 5.69 Å². The fourth-order valence-corrected chi connectivity index (χ4v) is 3.60. The highest BCUT2D eigenvalue weighted by Gasteiger charge is 2.18. The second-order valence-corrected chi connectivity index (χ2v) is 6.94. The number of guanidine groups is 1. The number of nitrogens with one attached hydrogen (secondary N) is 2. The normalized spacial score (nSPS) is 17.8. The van der Waals surface area contributed by atoms with E-state index in [1.54, 1.807) is 0 Å². The highest BCUT2D eigenvalue weighted by molar-refractivity contribution is 7.14. The summed E-state index contributed by atoms with van der Waals surface area (Å²) in [5.41, 5.74) is 1.69. The van der Waals surface area contributed by atoms with Crippen LogP contribution in [0, 0.1) is 0 Å². The standard InChI is InChI=1S/C17H20N6OS/c24-12-5-9-23(10-6-12)15-4-1-3-13(20-15)14-11-25-17(21-14)22-16-18-7-2-8-19-16/h1,3-4,11H,2,5-10H2,(H2,18,19,21,22). The Hall–Kier alpha value is -2.48. The minimum Gasteiger partial charge on any atom is -0.356 e. The molecule has 4 heterocycles. The second-order valence-electron chi connectivity index (χ2n) is 6.08. The van der Waals surface area contributed by atoms with Gasteiger partial charge in [0.1, 0.15) is 17.3 Å². The third-order valence-corrected chi connectivity index (χ3v) is 5.03. The van der Waals surface area contributed by atoms with Gasteiger partial charge in [-0.2, -0.15) is 0 Å². The van der Waals surface area contributed by atoms with E-state index in [0.29, 0.717) is 18.6 Å². The quantitative estimate of drug-likeness (QED) is 0.877. The first-order chi connectivity index (χ1) is 12.3. The number of aliphatic imine (C=N–C) groups is 1. The van der Waals surface area contributed by atoms with Crippen molar-refractivity contribution >= 4 is 34.0 Å². The summed E-state index contributed by atoms with van der Waals surface area (Å²) in [5.74, 6) is 2.03. The minimum atomic E-state index is 0.335. The number of ketones is 1. The summed E-state index contributed by atoms with van der Waals surface area (Å²) in [6.45, 7) is 3.26. The number of hydrogen-bond donors (Lipinski definition) is 2. The Labute approximate surface area is 150 Å². The van der Waals surface area contributed by atoms with Gasteiger partial charge in [-0.05, 0) is 18.6 Å². The monoisotopic (exact) mass is 356 g/mol. The SMILES string of the molecule is O=C1CCN(c2cccc(-c3csc(NC4=NCCCN4)n3)n2)CC1. The predicted molar refractivity (Wildman–Crippen MR) is 100 cm³/mol. The maximum Gasteiger partial charge on any atom is 0.197 e. The highest BCUT2D eigenvalue weighted by atomic mass is 32.1. The molecule has 0 atom stereocenters. The first kappa shape index (κ1) is 16.0. The van der Waals surface area contributed by atoms with Crippen LogP contribution >= 0.6 is 11.3 Å². The van der Waals surface area contributed by atoms with Gasteiger partial charge in [0, 0.05) is 44.4 Å². The van der Waals surface area contributed by atoms with E-state index in [2.05, 4.69) is 25.5 Å². The zero-order chi connectivity index (χ0) is 17.1. The summed E-state index contributed by atoms with van der Waals surface area (Å²) < 4.78 is 0. The van der Waals surface area contributed by atoms with Crippen molar-refractivity contribution in [2.75, 3.05) is 36.4 Å². The molecule has 130 valence electrons. The molecule has 0 radical (unpaired) electrons. The van der Waals surface area contributed by atoms with Crippen molar-refractivity contribution < 1.29 is 4.79 Å². The molecule has 7 nitrogen and oxygen atoms in total. The molecular formula is C17H20N6OS. The maximum atomic E-state index is 11.4. The lowest BCUT2D eigenvalue weighted by molar-refractivity contribution is -0.119. The minimum absolute atomic E-state index is 0.335. The van der Waals surface area contributed by atoms with Gasteiger partial charge in [-0.15, -0.1) is 11.3 Å². The molecule has 25 heavy (non-hydrogen) atoms. The Morgan fingerprint density at radius 3 is 2.84 bits per heavy atom. The second kappa shape index (κ2) is 7.18. The maximum absolute atomic E-state index is 11.4. The summed E-state index contributed by atoms with van der Waals surface area (Å²) in [4.78, 5) is 27.3. The number of aromatic nitrogens is 2. The predicted octanol–water partition coefficient (Wildman–Crippen LogP) is 2.14. The molecule has 0 aliphatic carbocycles. The molecule has 1 fully saturated rings. The van der Waals surface area contributed by atoms with Crippen molar-refractivity contribution in [3.05, 3.63) is 23.6 Å². The summed E-state index contributed by atoms with van der Waals surface area (Å²) in [5, 5.41) is 9.25. The lowest BCUT2D eigenvalue weighted by Crippen LogP contribution is -2.35. The zero-order valence-electron chi connectivity index (χ0n) is 13.9. The Morgan fingerprint density at radius 1 is 1.16 bits per heavy atom. The van der Waals surface area contributed by atoms with E-state index < -0.39 is 0 Å². The van der Waals surface area contributed by atoms with Crippen LogP contribution < -0.4 is 15.5 Å². The van der Waals surface area contributed by atoms with E-state index in [4.69, 9.17) is 4.98 Å². The molecule has 0 unspecified atom stereocenters. The number of piperidine rings is 1. The van der Waals surface area contributed by atoms with E-state index >= 15 is 0 Å². The Balaban J connectivity index is 1.49. The average Bonchev–Trinajstić information content (AvgIpc) is 3.12. The van der Waals surface area contributed by atoms with E-state index in [9.17, 15) is 4.79 Å². The fourth-order valence-electron chi connectivity index (χ4n) is 2.89. The first-order valence-electron chi connectivity index (χ1n) is 8.53. The van der Waals surface area contributed by atoms with Gasteiger partial charge in [0.15, 0.2) is 11.1 Å². The number of anilines is 2. The number of nitrogens with zero attached hydrogens (tertiary/aromatic N) is 4. The molecule has 2 aliphatic heterocycles. The van der Waals surface area contributed by atoms with Crippen LogP contribution in [-0.4, -0.2) is 47.9 Å². The summed E-state index contributed by atoms with van der Waals surface area (Å²) in [6.07, 6.45) is 2.27. The van der Waals surface area contributed by atoms with Crippen molar-refractivity contribution in [3.8, 4) is 11.4 Å². The van der Waals surface area contributed by atoms with E-state index in [1.807, 2.05) is 23.6 Å². The van der Waals surface area contributed by atoms with Crippen molar-refractivity contribution in [1.82, 2.24) is 15.3 Å². The number of Topliss-reactive ketones (excluding diaryl/α,β-unsaturated/α-hetero) is 1. The molecule has 2 aromatic rings. The molecule has 0 spiro atoms. The van der Waals surface area contributed by atoms with Crippen LogP contribution in [0.1, 0.15) is 19.3 Å². The van der Waals surface area contributed by atoms with Crippen LogP contribution in [0.25, 0.3) is 11.4 Å². The van der Waals surface area contributed by atoms with Gasteiger partial charge in [-0.1, -0.05) is 6.07 Å². The van der Waals surface area contributed by atoms with Crippen molar-refractivity contribution in [2.45, 2.75) is 19.3 Å². The molecule has 1 saturated heterocycles. The number of carbonyl (C=O) groups excluding carboxylic acids is 1. The zero-order valence-corrected chi connectivity index (χ0v) is 14.7. The molecule has 8 heteroatoms. The molecule has 0 saturated carbocycles. The van der Waals surface area contributed by atoms with E-state index in [-0.39, 0.29) is 0 Å². The number of pyridine rings is 1. The summed E-state index contributed by atoms with van der Waals surface area (Å²) >= 11 is 1.54. The number of hydrogen-bond acceptors (Lipinski definition) is 8. The molecule has 0 bridgehead atoms. The van der Waals surface area contributed by atoms with E-state index in [0.717, 1.165) is 60.9 Å². The smallest absolute Gasteiger partial charge is 0.197 e. The van der Waals surface area contributed by atoms with Crippen molar-refractivity contribution in [1.29, 1.82) is 0 Å². The summed E-state index contributed by atoms with van der Waals surface area (Å²) in [6, 6.07) is 5.95. The molecule has 0 amide bonds. The first-order valence-corrected chi connectivity index (χ1v) is 9.41. The third-order valence-electron chi connectivity index (χ3n) is 4.27. The molecule has 0 aromatic carbocycles. The van der Waals surface area contributed by atoms with Gasteiger partial charge in [0.25, 0.3) is 0 Å². The average molecular weight is 356 g/mol. The lowest BCUT2D eigenvalue weighted by atomic mass is 10.1. The topological polar surface area (TPSA) is 82.5 Å². The van der Waals surface area contributed by atoms with Gasteiger partial charge in [-0.3, -0.25) is 9.79 Å².